The molecule has 3 aliphatic rings. The fourth-order valence-corrected chi connectivity index (χ4v) is 8.96. The molecule has 6 nitrogen and oxygen atoms in total. The van der Waals surface area contributed by atoms with E-state index < -0.39 is 5.60 Å². The van der Waals surface area contributed by atoms with Crippen molar-refractivity contribution in [2.45, 2.75) is 165 Å². The standard InChI is InChI=1S/C50H68O6/c1-28(2)16-13-17-29(3)18-14-19-30(4)20-15-26-50(12)27-25-40-35(9)45(52)37(11)42(49(40)56-50)43-41-22-21-31(5)55-48(41)39(36(10)47(43)54)24-23-38-34(8)44(51)32(6)33(7)46(38)53/h20-21,28-29,52-54H,8,13-19,22-27H2,1-7,9-12H3/b30-20+. The molecule has 1 aliphatic carbocycles. The first kappa shape index (κ1) is 42.9. The van der Waals surface area contributed by atoms with Gasteiger partial charge in [-0.05, 0) is 148 Å². The van der Waals surface area contributed by atoms with E-state index in [0.29, 0.717) is 69.6 Å². The Morgan fingerprint density at radius 2 is 1.57 bits per heavy atom. The highest BCUT2D eigenvalue weighted by Gasteiger charge is 2.38. The average Bonchev–Trinajstić information content (AvgIpc) is 3.14. The predicted octanol–water partition coefficient (Wildman–Crippen LogP) is 13.2. The van der Waals surface area contributed by atoms with Crippen LogP contribution in [0.2, 0.25) is 0 Å². The summed E-state index contributed by atoms with van der Waals surface area (Å²) in [5.41, 5.74) is 9.02. The van der Waals surface area contributed by atoms with Crippen LogP contribution in [0.1, 0.15) is 153 Å². The first-order valence-electron chi connectivity index (χ1n) is 21.1. The van der Waals surface area contributed by atoms with Gasteiger partial charge in [-0.3, -0.25) is 4.79 Å². The van der Waals surface area contributed by atoms with Crippen molar-refractivity contribution in [3.8, 4) is 34.1 Å². The van der Waals surface area contributed by atoms with Gasteiger partial charge in [0.05, 0.1) is 5.76 Å². The fraction of sp³-hybridized carbons (Fsp3) is 0.540. The topological polar surface area (TPSA) is 96.2 Å². The first-order valence-corrected chi connectivity index (χ1v) is 21.1. The Kier molecular flexibility index (Phi) is 13.4. The van der Waals surface area contributed by atoms with Crippen LogP contribution >= 0.6 is 0 Å². The second-order valence-electron chi connectivity index (χ2n) is 17.9. The van der Waals surface area contributed by atoms with Crippen LogP contribution in [0.3, 0.4) is 0 Å². The largest absolute Gasteiger partial charge is 0.507 e. The summed E-state index contributed by atoms with van der Waals surface area (Å²) in [4.78, 5) is 12.9. The molecule has 304 valence electrons. The van der Waals surface area contributed by atoms with E-state index in [1.165, 1.54) is 37.7 Å². The zero-order chi connectivity index (χ0) is 41.2. The monoisotopic (exact) mass is 765 g/mol. The fourth-order valence-electron chi connectivity index (χ4n) is 8.96. The predicted molar refractivity (Wildman–Crippen MR) is 230 cm³/mol. The molecular weight excluding hydrogens is 697 g/mol. The molecule has 3 N–H and O–H groups in total. The van der Waals surface area contributed by atoms with Crippen LogP contribution in [0.25, 0.3) is 11.1 Å². The molecule has 2 heterocycles. The van der Waals surface area contributed by atoms with Crippen molar-refractivity contribution in [3.05, 3.63) is 91.5 Å². The highest BCUT2D eigenvalue weighted by Crippen LogP contribution is 2.55. The molecule has 2 atom stereocenters. The molecule has 2 unspecified atom stereocenters. The maximum Gasteiger partial charge on any atom is 0.188 e. The van der Waals surface area contributed by atoms with Crippen molar-refractivity contribution >= 4 is 5.78 Å². The maximum atomic E-state index is 12.9. The number of benzene rings is 2. The van der Waals surface area contributed by atoms with E-state index in [1.54, 1.807) is 13.8 Å². The molecule has 2 aromatic carbocycles. The number of rotatable bonds is 15. The summed E-state index contributed by atoms with van der Waals surface area (Å²) in [7, 11) is 0. The van der Waals surface area contributed by atoms with Crippen LogP contribution in [0, 0.1) is 32.6 Å². The smallest absolute Gasteiger partial charge is 0.188 e. The maximum absolute atomic E-state index is 12.9. The molecule has 6 heteroatoms. The molecule has 56 heavy (non-hydrogen) atoms. The van der Waals surface area contributed by atoms with Crippen molar-refractivity contribution in [3.63, 3.8) is 0 Å². The van der Waals surface area contributed by atoms with E-state index in [4.69, 9.17) is 9.47 Å². The van der Waals surface area contributed by atoms with Gasteiger partial charge in [-0.1, -0.05) is 64.7 Å². The van der Waals surface area contributed by atoms with Gasteiger partial charge in [0.15, 0.2) is 5.78 Å². The van der Waals surface area contributed by atoms with Gasteiger partial charge in [-0.15, -0.1) is 0 Å². The molecule has 5 rings (SSSR count). The first-order chi connectivity index (χ1) is 26.4. The third-order valence-corrected chi connectivity index (χ3v) is 13.0. The van der Waals surface area contributed by atoms with Crippen molar-refractivity contribution in [2.24, 2.45) is 11.8 Å². The number of allylic oxidation sites excluding steroid dienone is 8. The lowest BCUT2D eigenvalue weighted by Crippen LogP contribution is -2.37. The lowest BCUT2D eigenvalue weighted by atomic mass is 9.80. The molecule has 0 bridgehead atoms. The molecule has 2 aromatic rings. The van der Waals surface area contributed by atoms with Gasteiger partial charge in [-0.2, -0.15) is 0 Å². The number of aliphatic hydroxyl groups excluding tert-OH is 1. The molecule has 0 spiro atoms. The van der Waals surface area contributed by atoms with Crippen LogP contribution < -0.4 is 9.47 Å². The van der Waals surface area contributed by atoms with Crippen LogP contribution in [-0.2, 0) is 24.1 Å². The van der Waals surface area contributed by atoms with Crippen molar-refractivity contribution in [2.75, 3.05) is 0 Å². The number of phenols is 2. The zero-order valence-corrected chi connectivity index (χ0v) is 36.3. The van der Waals surface area contributed by atoms with E-state index in [1.807, 2.05) is 33.8 Å². The Morgan fingerprint density at radius 1 is 0.875 bits per heavy atom. The molecule has 0 aromatic heterocycles. The van der Waals surface area contributed by atoms with Crippen molar-refractivity contribution < 1.29 is 29.6 Å². The second kappa shape index (κ2) is 17.5. The number of ketones is 1. The summed E-state index contributed by atoms with van der Waals surface area (Å²) in [5, 5.41) is 34.8. The van der Waals surface area contributed by atoms with Crippen LogP contribution in [0.15, 0.2) is 58.1 Å². The number of aliphatic hydroxyl groups is 1. The number of phenolic OH excluding ortho intramolecular Hbond substituents is 2. The van der Waals surface area contributed by atoms with Gasteiger partial charge in [0.2, 0.25) is 0 Å². The van der Waals surface area contributed by atoms with Gasteiger partial charge in [-0.25, -0.2) is 0 Å². The van der Waals surface area contributed by atoms with Gasteiger partial charge < -0.3 is 24.8 Å². The Balaban J connectivity index is 1.44. The average molecular weight is 765 g/mol. The van der Waals surface area contributed by atoms with Crippen LogP contribution in [-0.4, -0.2) is 26.7 Å². The number of ether oxygens (including phenoxy) is 2. The summed E-state index contributed by atoms with van der Waals surface area (Å²) in [6, 6.07) is 0. The summed E-state index contributed by atoms with van der Waals surface area (Å²) in [5.74, 6) is 4.01. The molecule has 0 amide bonds. The Bertz CT molecular complexity index is 2020. The van der Waals surface area contributed by atoms with Crippen LogP contribution in [0.5, 0.6) is 23.0 Å². The Labute approximate surface area is 337 Å². The Hall–Kier alpha value is -4.19. The minimum absolute atomic E-state index is 0.0947. The lowest BCUT2D eigenvalue weighted by molar-refractivity contribution is -0.112. The number of carbonyl (C=O) groups excluding carboxylic acids is 1. The van der Waals surface area contributed by atoms with Gasteiger partial charge in [0.25, 0.3) is 0 Å². The van der Waals surface area contributed by atoms with E-state index >= 15 is 0 Å². The number of carbonyl (C=O) groups is 1. The van der Waals surface area contributed by atoms with E-state index in [2.05, 4.69) is 47.3 Å². The van der Waals surface area contributed by atoms with Crippen molar-refractivity contribution in [1.29, 1.82) is 0 Å². The lowest BCUT2D eigenvalue weighted by Gasteiger charge is -2.39. The highest BCUT2D eigenvalue weighted by atomic mass is 16.5. The molecule has 0 saturated carbocycles. The second-order valence-corrected chi connectivity index (χ2v) is 17.9. The van der Waals surface area contributed by atoms with Gasteiger partial charge in [0, 0.05) is 50.1 Å². The third-order valence-electron chi connectivity index (χ3n) is 13.0. The highest BCUT2D eigenvalue weighted by molar-refractivity contribution is 6.12. The molecule has 2 aliphatic heterocycles. The normalized spacial score (nSPS) is 19.2. The number of aromatic hydroxyl groups is 2. The summed E-state index contributed by atoms with van der Waals surface area (Å²) < 4.78 is 13.6. The van der Waals surface area contributed by atoms with E-state index in [9.17, 15) is 20.1 Å². The number of Topliss-reactive ketones (excluding diaryl/α,β-unsaturated/α-hetero) is 1. The zero-order valence-electron chi connectivity index (χ0n) is 36.3. The molecule has 0 radical (unpaired) electrons. The number of hydrogen-bond acceptors (Lipinski definition) is 6. The quantitative estimate of drug-likeness (QED) is 0.123. The van der Waals surface area contributed by atoms with Gasteiger partial charge in [0.1, 0.15) is 34.4 Å². The third kappa shape index (κ3) is 8.85. The van der Waals surface area contributed by atoms with Crippen molar-refractivity contribution in [1.82, 2.24) is 0 Å². The van der Waals surface area contributed by atoms with E-state index in [-0.39, 0.29) is 23.0 Å². The van der Waals surface area contributed by atoms with Crippen LogP contribution in [0.4, 0.5) is 0 Å². The SMILES string of the molecule is C=C1C(=O)C(C)=C(C)C(O)=C1CCc1c(C)c(O)c(-c2c(C)c(O)c(C)c3c2OC(C)(CC/C=C(\C)CCCC(C)CCCC(C)C)CC3)c2c1OC(C)=CC2. The summed E-state index contributed by atoms with van der Waals surface area (Å²) in [6.45, 7) is 26.6. The summed E-state index contributed by atoms with van der Waals surface area (Å²) in [6.07, 6.45) is 16.7. The number of fused-ring (bicyclic) bond motifs is 2. The molecule has 0 fully saturated rings. The Morgan fingerprint density at radius 3 is 2.27 bits per heavy atom. The minimum atomic E-state index is -0.419. The summed E-state index contributed by atoms with van der Waals surface area (Å²) >= 11 is 0. The molecule has 0 saturated heterocycles. The molecular formula is C50H68O6. The van der Waals surface area contributed by atoms with Gasteiger partial charge >= 0.3 is 0 Å². The van der Waals surface area contributed by atoms with E-state index in [0.717, 1.165) is 77.7 Å². The number of hydrogen-bond donors (Lipinski definition) is 3. The minimum Gasteiger partial charge on any atom is -0.507 e.